The Labute approximate surface area is 183 Å². The zero-order valence-corrected chi connectivity index (χ0v) is 18.9. The van der Waals surface area contributed by atoms with Crippen LogP contribution in [0.25, 0.3) is 5.65 Å². The second kappa shape index (κ2) is 9.07. The standard InChI is InChI=1S/C18H24Cl2N6O2S/c1-18(2,3)21-14(27)10-24-4-6-25(7-5-24)15(28)11-29-17-23-22-16-13(20)8-12(19)9-26(16)17/h8-9H,4-7,10-11H2,1-3H3,(H,21,27). The molecule has 2 aromatic heterocycles. The Balaban J connectivity index is 1.49. The summed E-state index contributed by atoms with van der Waals surface area (Å²) in [6.07, 6.45) is 1.68. The minimum atomic E-state index is -0.244. The van der Waals surface area contributed by atoms with Crippen LogP contribution in [0.2, 0.25) is 10.0 Å². The number of carbonyl (C=O) groups is 2. The van der Waals surface area contributed by atoms with E-state index in [2.05, 4.69) is 20.4 Å². The third kappa shape index (κ3) is 5.97. The number of hydrogen-bond donors (Lipinski definition) is 1. The Morgan fingerprint density at radius 3 is 2.52 bits per heavy atom. The minimum Gasteiger partial charge on any atom is -0.350 e. The van der Waals surface area contributed by atoms with Gasteiger partial charge in [-0.05, 0) is 26.8 Å². The molecule has 1 N–H and O–H groups in total. The van der Waals surface area contributed by atoms with Gasteiger partial charge < -0.3 is 10.2 Å². The summed E-state index contributed by atoms with van der Waals surface area (Å²) >= 11 is 13.5. The third-order valence-electron chi connectivity index (χ3n) is 4.33. The Morgan fingerprint density at radius 2 is 1.86 bits per heavy atom. The van der Waals surface area contributed by atoms with Crippen LogP contribution in [-0.4, -0.2) is 80.2 Å². The highest BCUT2D eigenvalue weighted by molar-refractivity contribution is 7.99. The fourth-order valence-electron chi connectivity index (χ4n) is 3.03. The molecule has 0 aromatic carbocycles. The van der Waals surface area contributed by atoms with Gasteiger partial charge in [0.15, 0.2) is 10.8 Å². The lowest BCUT2D eigenvalue weighted by Gasteiger charge is -2.34. The number of halogens is 2. The van der Waals surface area contributed by atoms with Crippen molar-refractivity contribution in [2.75, 3.05) is 38.5 Å². The molecule has 3 rings (SSSR count). The summed E-state index contributed by atoms with van der Waals surface area (Å²) in [5, 5.41) is 12.6. The van der Waals surface area contributed by atoms with Crippen molar-refractivity contribution in [3.63, 3.8) is 0 Å². The molecule has 2 aromatic rings. The Morgan fingerprint density at radius 1 is 1.17 bits per heavy atom. The number of hydrogen-bond acceptors (Lipinski definition) is 6. The van der Waals surface area contributed by atoms with Crippen molar-refractivity contribution in [2.45, 2.75) is 31.5 Å². The van der Waals surface area contributed by atoms with Crippen LogP contribution in [0, 0.1) is 0 Å². The maximum absolute atomic E-state index is 12.6. The molecular formula is C18H24Cl2N6O2S. The van der Waals surface area contributed by atoms with Gasteiger partial charge in [-0.1, -0.05) is 35.0 Å². The average Bonchev–Trinajstić information content (AvgIpc) is 3.01. The van der Waals surface area contributed by atoms with E-state index in [4.69, 9.17) is 23.2 Å². The summed E-state index contributed by atoms with van der Waals surface area (Å²) in [5.74, 6) is 0.276. The predicted molar refractivity (Wildman–Crippen MR) is 115 cm³/mol. The average molecular weight is 459 g/mol. The van der Waals surface area contributed by atoms with Gasteiger partial charge in [-0.3, -0.25) is 18.9 Å². The Hall–Kier alpha value is -1.55. The molecule has 1 saturated heterocycles. The zero-order chi connectivity index (χ0) is 21.2. The van der Waals surface area contributed by atoms with Gasteiger partial charge in [-0.2, -0.15) is 0 Å². The molecule has 1 aliphatic heterocycles. The number of carbonyl (C=O) groups excluding carboxylic acids is 2. The molecule has 1 fully saturated rings. The van der Waals surface area contributed by atoms with Crippen LogP contribution in [0.4, 0.5) is 0 Å². The molecule has 3 heterocycles. The molecule has 29 heavy (non-hydrogen) atoms. The highest BCUT2D eigenvalue weighted by Crippen LogP contribution is 2.25. The largest absolute Gasteiger partial charge is 0.350 e. The molecule has 0 unspecified atom stereocenters. The first-order chi connectivity index (χ1) is 13.6. The van der Waals surface area contributed by atoms with Gasteiger partial charge in [0.1, 0.15) is 0 Å². The smallest absolute Gasteiger partial charge is 0.234 e. The third-order valence-corrected chi connectivity index (χ3v) is 5.74. The first-order valence-electron chi connectivity index (χ1n) is 9.26. The lowest BCUT2D eigenvalue weighted by atomic mass is 10.1. The number of aromatic nitrogens is 3. The molecule has 0 radical (unpaired) electrons. The van der Waals surface area contributed by atoms with Gasteiger partial charge in [-0.25, -0.2) is 0 Å². The summed E-state index contributed by atoms with van der Waals surface area (Å²) < 4.78 is 1.69. The number of thioether (sulfide) groups is 1. The summed E-state index contributed by atoms with van der Waals surface area (Å²) in [4.78, 5) is 28.5. The number of piperazine rings is 1. The maximum Gasteiger partial charge on any atom is 0.234 e. The van der Waals surface area contributed by atoms with Gasteiger partial charge in [-0.15, -0.1) is 10.2 Å². The van der Waals surface area contributed by atoms with E-state index in [0.29, 0.717) is 53.6 Å². The van der Waals surface area contributed by atoms with Crippen molar-refractivity contribution < 1.29 is 9.59 Å². The molecular weight excluding hydrogens is 435 g/mol. The van der Waals surface area contributed by atoms with E-state index < -0.39 is 0 Å². The highest BCUT2D eigenvalue weighted by atomic mass is 35.5. The second-order valence-corrected chi connectivity index (χ2v) is 9.71. The Kier molecular flexibility index (Phi) is 6.93. The monoisotopic (exact) mass is 458 g/mol. The van der Waals surface area contributed by atoms with Crippen LogP contribution < -0.4 is 5.32 Å². The van der Waals surface area contributed by atoms with Crippen LogP contribution in [0.3, 0.4) is 0 Å². The van der Waals surface area contributed by atoms with E-state index >= 15 is 0 Å². The van der Waals surface area contributed by atoms with Crippen LogP contribution in [0.1, 0.15) is 20.8 Å². The lowest BCUT2D eigenvalue weighted by molar-refractivity contribution is -0.130. The van der Waals surface area contributed by atoms with Gasteiger partial charge in [0.05, 0.1) is 22.3 Å². The predicted octanol–water partition coefficient (Wildman–Crippen LogP) is 2.19. The van der Waals surface area contributed by atoms with Crippen molar-refractivity contribution in [2.24, 2.45) is 0 Å². The fourth-order valence-corrected chi connectivity index (χ4v) is 4.36. The molecule has 0 spiro atoms. The molecule has 2 amide bonds. The van der Waals surface area contributed by atoms with E-state index in [1.165, 1.54) is 11.8 Å². The number of rotatable bonds is 5. The van der Waals surface area contributed by atoms with Crippen molar-refractivity contribution >= 4 is 52.4 Å². The van der Waals surface area contributed by atoms with E-state index in [1.807, 2.05) is 25.7 Å². The lowest BCUT2D eigenvalue weighted by Crippen LogP contribution is -2.53. The quantitative estimate of drug-likeness (QED) is 0.691. The molecule has 8 nitrogen and oxygen atoms in total. The number of nitrogens with zero attached hydrogens (tertiary/aromatic N) is 5. The van der Waals surface area contributed by atoms with Crippen molar-refractivity contribution in [1.29, 1.82) is 0 Å². The van der Waals surface area contributed by atoms with E-state index in [-0.39, 0.29) is 23.1 Å². The van der Waals surface area contributed by atoms with Crippen molar-refractivity contribution in [3.8, 4) is 0 Å². The number of amides is 2. The van der Waals surface area contributed by atoms with Gasteiger partial charge >= 0.3 is 0 Å². The van der Waals surface area contributed by atoms with E-state index in [0.717, 1.165) is 0 Å². The SMILES string of the molecule is CC(C)(C)NC(=O)CN1CCN(C(=O)CSc2nnc3c(Cl)cc(Cl)cn23)CC1. The van der Waals surface area contributed by atoms with Crippen molar-refractivity contribution in [3.05, 3.63) is 22.3 Å². The minimum absolute atomic E-state index is 0.00355. The van der Waals surface area contributed by atoms with Crippen LogP contribution in [0.15, 0.2) is 17.4 Å². The summed E-state index contributed by atoms with van der Waals surface area (Å²) in [6.45, 7) is 8.77. The van der Waals surface area contributed by atoms with Crippen LogP contribution in [-0.2, 0) is 9.59 Å². The summed E-state index contributed by atoms with van der Waals surface area (Å²) in [6, 6.07) is 1.61. The number of pyridine rings is 1. The fraction of sp³-hybridized carbons (Fsp3) is 0.556. The zero-order valence-electron chi connectivity index (χ0n) is 16.6. The summed E-state index contributed by atoms with van der Waals surface area (Å²) in [7, 11) is 0. The second-order valence-electron chi connectivity index (χ2n) is 7.93. The number of fused-ring (bicyclic) bond motifs is 1. The molecule has 11 heteroatoms. The summed E-state index contributed by atoms with van der Waals surface area (Å²) in [5.41, 5.74) is 0.264. The molecule has 0 bridgehead atoms. The van der Waals surface area contributed by atoms with Gasteiger partial charge in [0.2, 0.25) is 11.8 Å². The van der Waals surface area contributed by atoms with E-state index in [9.17, 15) is 9.59 Å². The van der Waals surface area contributed by atoms with Gasteiger partial charge in [0.25, 0.3) is 0 Å². The first kappa shape index (κ1) is 22.1. The number of nitrogens with one attached hydrogen (secondary N) is 1. The molecule has 158 valence electrons. The first-order valence-corrected chi connectivity index (χ1v) is 11.0. The normalized spacial score (nSPS) is 15.7. The molecule has 0 saturated carbocycles. The molecule has 1 aliphatic rings. The maximum atomic E-state index is 12.6. The van der Waals surface area contributed by atoms with Crippen molar-refractivity contribution in [1.82, 2.24) is 29.7 Å². The molecule has 0 aliphatic carbocycles. The van der Waals surface area contributed by atoms with Crippen LogP contribution in [0.5, 0.6) is 0 Å². The van der Waals surface area contributed by atoms with Crippen LogP contribution >= 0.6 is 35.0 Å². The Bertz CT molecular complexity index is 906. The molecule has 0 atom stereocenters. The van der Waals surface area contributed by atoms with Gasteiger partial charge in [0, 0.05) is 37.9 Å². The topological polar surface area (TPSA) is 82.8 Å². The van der Waals surface area contributed by atoms with E-state index in [1.54, 1.807) is 16.7 Å². The highest BCUT2D eigenvalue weighted by Gasteiger charge is 2.24.